The molecule has 0 unspecified atom stereocenters. The number of urea groups is 1. The summed E-state index contributed by atoms with van der Waals surface area (Å²) in [6.07, 6.45) is 0.323. The minimum absolute atomic E-state index is 0.323. The molecular formula is C21H22ClN3O5. The summed E-state index contributed by atoms with van der Waals surface area (Å²) >= 11 is 5.94. The van der Waals surface area contributed by atoms with Gasteiger partial charge in [0.15, 0.2) is 0 Å². The standard InChI is InChI=1S/C21H22ClN3O5/c1-4-21(13-5-7-14(22)8-6-13)19(27)25(20(28)24-21)12-18(26)23-16-10-9-15(29-2)11-17(16)30-3/h5-11H,4,12H2,1-3H3,(H,23,26)(H,24,28)/t21-/m0/s1. The zero-order valence-corrected chi connectivity index (χ0v) is 17.6. The Morgan fingerprint density at radius 2 is 1.83 bits per heavy atom. The summed E-state index contributed by atoms with van der Waals surface area (Å²) in [5.74, 6) is -0.0715. The molecule has 0 radical (unpaired) electrons. The summed E-state index contributed by atoms with van der Waals surface area (Å²) in [6.45, 7) is 1.35. The average Bonchev–Trinajstić information content (AvgIpc) is 2.99. The van der Waals surface area contributed by atoms with Gasteiger partial charge in [0.05, 0.1) is 19.9 Å². The number of nitrogens with zero attached hydrogens (tertiary/aromatic N) is 1. The first-order valence-electron chi connectivity index (χ1n) is 9.26. The molecule has 158 valence electrons. The molecule has 2 aromatic carbocycles. The van der Waals surface area contributed by atoms with Crippen LogP contribution in [0.5, 0.6) is 11.5 Å². The first-order valence-corrected chi connectivity index (χ1v) is 9.64. The van der Waals surface area contributed by atoms with E-state index in [1.165, 1.54) is 14.2 Å². The molecule has 1 atom stereocenters. The molecule has 0 saturated carbocycles. The number of anilines is 1. The third-order valence-electron chi connectivity index (χ3n) is 5.03. The van der Waals surface area contributed by atoms with Crippen LogP contribution in [0.4, 0.5) is 10.5 Å². The Morgan fingerprint density at radius 1 is 1.13 bits per heavy atom. The number of hydrogen-bond donors (Lipinski definition) is 2. The zero-order valence-electron chi connectivity index (χ0n) is 16.8. The number of methoxy groups -OCH3 is 2. The van der Waals surface area contributed by atoms with Gasteiger partial charge in [0.2, 0.25) is 5.91 Å². The smallest absolute Gasteiger partial charge is 0.325 e. The number of ether oxygens (including phenoxy) is 2. The van der Waals surface area contributed by atoms with Gasteiger partial charge in [-0.15, -0.1) is 0 Å². The lowest BCUT2D eigenvalue weighted by Gasteiger charge is -2.25. The van der Waals surface area contributed by atoms with Crippen LogP contribution in [0.25, 0.3) is 0 Å². The van der Waals surface area contributed by atoms with Gasteiger partial charge in [0, 0.05) is 11.1 Å². The molecule has 2 aromatic rings. The van der Waals surface area contributed by atoms with Crippen LogP contribution in [0, 0.1) is 0 Å². The number of imide groups is 1. The van der Waals surface area contributed by atoms with Crippen molar-refractivity contribution in [1.29, 1.82) is 0 Å². The summed E-state index contributed by atoms with van der Waals surface area (Å²) in [6, 6.07) is 10.9. The van der Waals surface area contributed by atoms with Crippen molar-refractivity contribution < 1.29 is 23.9 Å². The zero-order chi connectivity index (χ0) is 21.9. The van der Waals surface area contributed by atoms with E-state index in [0.29, 0.717) is 34.2 Å². The van der Waals surface area contributed by atoms with Crippen molar-refractivity contribution in [2.75, 3.05) is 26.1 Å². The molecule has 1 aliphatic heterocycles. The SMILES string of the molecule is CC[C@@]1(c2ccc(Cl)cc2)NC(=O)N(CC(=O)Nc2ccc(OC)cc2OC)C1=O. The number of hydrogen-bond acceptors (Lipinski definition) is 5. The predicted octanol–water partition coefficient (Wildman–Crippen LogP) is 3.15. The maximum Gasteiger partial charge on any atom is 0.325 e. The van der Waals surface area contributed by atoms with E-state index >= 15 is 0 Å². The number of carbonyl (C=O) groups is 3. The van der Waals surface area contributed by atoms with E-state index in [9.17, 15) is 14.4 Å². The monoisotopic (exact) mass is 431 g/mol. The van der Waals surface area contributed by atoms with Crippen LogP contribution in [-0.4, -0.2) is 43.5 Å². The maximum atomic E-state index is 13.1. The second kappa shape index (κ2) is 8.62. The van der Waals surface area contributed by atoms with Crippen LogP contribution in [0.2, 0.25) is 5.02 Å². The second-order valence-electron chi connectivity index (χ2n) is 6.70. The number of benzene rings is 2. The number of carbonyl (C=O) groups excluding carboxylic acids is 3. The van der Waals surface area contributed by atoms with Crippen molar-refractivity contribution in [2.45, 2.75) is 18.9 Å². The molecule has 4 amide bonds. The lowest BCUT2D eigenvalue weighted by molar-refractivity contribution is -0.134. The minimum Gasteiger partial charge on any atom is -0.497 e. The quantitative estimate of drug-likeness (QED) is 0.656. The molecule has 0 aromatic heterocycles. The Labute approximate surface area is 179 Å². The Bertz CT molecular complexity index is 979. The first kappa shape index (κ1) is 21.4. The van der Waals surface area contributed by atoms with Crippen molar-refractivity contribution >= 4 is 35.1 Å². The topological polar surface area (TPSA) is 97.0 Å². The summed E-state index contributed by atoms with van der Waals surface area (Å²) in [5.41, 5.74) is -0.234. The van der Waals surface area contributed by atoms with Crippen LogP contribution in [0.3, 0.4) is 0 Å². The van der Waals surface area contributed by atoms with E-state index in [1.54, 1.807) is 49.4 Å². The highest BCUT2D eigenvalue weighted by atomic mass is 35.5. The molecule has 2 N–H and O–H groups in total. The molecule has 8 nitrogen and oxygen atoms in total. The van der Waals surface area contributed by atoms with Gasteiger partial charge in [-0.2, -0.15) is 0 Å². The number of rotatable bonds is 7. The predicted molar refractivity (Wildman–Crippen MR) is 112 cm³/mol. The highest BCUT2D eigenvalue weighted by molar-refractivity contribution is 6.30. The molecule has 1 aliphatic rings. The molecule has 0 spiro atoms. The van der Waals surface area contributed by atoms with Crippen molar-refractivity contribution in [3.8, 4) is 11.5 Å². The lowest BCUT2D eigenvalue weighted by Crippen LogP contribution is -2.44. The van der Waals surface area contributed by atoms with Gasteiger partial charge in [-0.05, 0) is 36.2 Å². The molecule has 1 fully saturated rings. The molecule has 1 heterocycles. The fraction of sp³-hybridized carbons (Fsp3) is 0.286. The normalized spacial score (nSPS) is 18.2. The van der Waals surface area contributed by atoms with Crippen molar-refractivity contribution in [2.24, 2.45) is 0 Å². The maximum absolute atomic E-state index is 13.1. The van der Waals surface area contributed by atoms with Crippen LogP contribution in [-0.2, 0) is 15.1 Å². The third-order valence-corrected chi connectivity index (χ3v) is 5.28. The van der Waals surface area contributed by atoms with Crippen molar-refractivity contribution in [3.63, 3.8) is 0 Å². The fourth-order valence-corrected chi connectivity index (χ4v) is 3.50. The average molecular weight is 432 g/mol. The first-order chi connectivity index (χ1) is 14.3. The van der Waals surface area contributed by atoms with Crippen LogP contribution in [0.1, 0.15) is 18.9 Å². The van der Waals surface area contributed by atoms with Gasteiger partial charge in [0.1, 0.15) is 23.6 Å². The van der Waals surface area contributed by atoms with E-state index in [0.717, 1.165) is 4.90 Å². The molecule has 1 saturated heterocycles. The molecule has 0 aliphatic carbocycles. The number of nitrogens with one attached hydrogen (secondary N) is 2. The van der Waals surface area contributed by atoms with E-state index in [4.69, 9.17) is 21.1 Å². The van der Waals surface area contributed by atoms with Gasteiger partial charge >= 0.3 is 6.03 Å². The number of halogens is 1. The number of amides is 4. The highest BCUT2D eigenvalue weighted by Gasteiger charge is 2.51. The molecule has 30 heavy (non-hydrogen) atoms. The highest BCUT2D eigenvalue weighted by Crippen LogP contribution is 2.33. The van der Waals surface area contributed by atoms with E-state index in [2.05, 4.69) is 10.6 Å². The van der Waals surface area contributed by atoms with Gasteiger partial charge in [-0.25, -0.2) is 4.79 Å². The van der Waals surface area contributed by atoms with Gasteiger partial charge in [-0.1, -0.05) is 30.7 Å². The lowest BCUT2D eigenvalue weighted by atomic mass is 9.87. The summed E-state index contributed by atoms with van der Waals surface area (Å²) in [4.78, 5) is 39.2. The molecular weight excluding hydrogens is 410 g/mol. The van der Waals surface area contributed by atoms with E-state index < -0.39 is 29.9 Å². The van der Waals surface area contributed by atoms with Crippen LogP contribution >= 0.6 is 11.6 Å². The second-order valence-corrected chi connectivity index (χ2v) is 7.14. The Kier molecular flexibility index (Phi) is 6.17. The molecule has 0 bridgehead atoms. The van der Waals surface area contributed by atoms with E-state index in [1.807, 2.05) is 0 Å². The van der Waals surface area contributed by atoms with Gasteiger partial charge < -0.3 is 20.1 Å². The molecule has 3 rings (SSSR count). The third kappa shape index (κ3) is 3.91. The van der Waals surface area contributed by atoms with Gasteiger partial charge in [0.25, 0.3) is 5.91 Å². The van der Waals surface area contributed by atoms with Crippen LogP contribution in [0.15, 0.2) is 42.5 Å². The van der Waals surface area contributed by atoms with Gasteiger partial charge in [-0.3, -0.25) is 14.5 Å². The fourth-order valence-electron chi connectivity index (χ4n) is 3.38. The largest absolute Gasteiger partial charge is 0.497 e. The Hall–Kier alpha value is -3.26. The Balaban J connectivity index is 1.78. The van der Waals surface area contributed by atoms with Crippen molar-refractivity contribution in [3.05, 3.63) is 53.1 Å². The Morgan fingerprint density at radius 3 is 2.43 bits per heavy atom. The van der Waals surface area contributed by atoms with Crippen LogP contribution < -0.4 is 20.1 Å². The van der Waals surface area contributed by atoms with Crippen molar-refractivity contribution in [1.82, 2.24) is 10.2 Å². The summed E-state index contributed by atoms with van der Waals surface area (Å²) in [7, 11) is 2.98. The minimum atomic E-state index is -1.24. The molecule has 9 heteroatoms. The summed E-state index contributed by atoms with van der Waals surface area (Å²) < 4.78 is 10.4. The van der Waals surface area contributed by atoms with E-state index in [-0.39, 0.29) is 0 Å². The summed E-state index contributed by atoms with van der Waals surface area (Å²) in [5, 5.41) is 5.92.